The highest BCUT2D eigenvalue weighted by Crippen LogP contribution is 2.32. The number of fused-ring (bicyclic) bond motifs is 1. The van der Waals surface area contributed by atoms with E-state index in [0.29, 0.717) is 13.1 Å². The highest BCUT2D eigenvalue weighted by Gasteiger charge is 2.13. The zero-order valence-electron chi connectivity index (χ0n) is 15.1. The minimum atomic E-state index is -0.121. The molecule has 1 heterocycles. The minimum absolute atomic E-state index is 0.121. The summed E-state index contributed by atoms with van der Waals surface area (Å²) in [4.78, 5) is 4.44. The van der Waals surface area contributed by atoms with Crippen LogP contribution in [-0.4, -0.2) is 23.0 Å². The molecule has 0 unspecified atom stereocenters. The molecule has 28 heavy (non-hydrogen) atoms. The van der Waals surface area contributed by atoms with Crippen LogP contribution in [0.5, 0.6) is 11.5 Å². The summed E-state index contributed by atoms with van der Waals surface area (Å²) in [6.45, 7) is 1.12. The van der Waals surface area contributed by atoms with Crippen LogP contribution in [0.15, 0.2) is 71.9 Å². The lowest BCUT2D eigenvalue weighted by molar-refractivity contribution is 0.403. The largest absolute Gasteiger partial charge is 0.504 e. The first kappa shape index (κ1) is 18.1. The average Bonchev–Trinajstić information content (AvgIpc) is 2.71. The van der Waals surface area contributed by atoms with Gasteiger partial charge in [0.25, 0.3) is 0 Å². The van der Waals surface area contributed by atoms with Gasteiger partial charge in [-0.25, -0.2) is 0 Å². The molecule has 3 N–H and O–H groups in total. The molecule has 0 aromatic heterocycles. The summed E-state index contributed by atoms with van der Waals surface area (Å²) in [5.41, 5.74) is 6.20. The van der Waals surface area contributed by atoms with Gasteiger partial charge in [0, 0.05) is 29.5 Å². The molecule has 0 aliphatic carbocycles. The van der Waals surface area contributed by atoms with Crippen LogP contribution in [0.3, 0.4) is 0 Å². The first-order valence-corrected chi connectivity index (χ1v) is 9.32. The summed E-state index contributed by atoms with van der Waals surface area (Å²) in [5, 5.41) is 23.0. The molecule has 140 valence electrons. The quantitative estimate of drug-likeness (QED) is 0.550. The fourth-order valence-electron chi connectivity index (χ4n) is 3.23. The molecule has 0 fully saturated rings. The van der Waals surface area contributed by atoms with Crippen LogP contribution >= 0.6 is 11.6 Å². The normalized spacial score (nSPS) is 14.1. The minimum Gasteiger partial charge on any atom is -0.504 e. The molecule has 5 heteroatoms. The fourth-order valence-corrected chi connectivity index (χ4v) is 3.48. The predicted molar refractivity (Wildman–Crippen MR) is 114 cm³/mol. The Kier molecular flexibility index (Phi) is 5.04. The lowest BCUT2D eigenvalue weighted by Crippen LogP contribution is -2.09. The molecular formula is C23H19ClN2O2. The summed E-state index contributed by atoms with van der Waals surface area (Å²) in [7, 11) is 0. The van der Waals surface area contributed by atoms with Crippen molar-refractivity contribution < 1.29 is 10.2 Å². The van der Waals surface area contributed by atoms with Gasteiger partial charge in [-0.05, 0) is 52.1 Å². The van der Waals surface area contributed by atoms with Gasteiger partial charge in [0.2, 0.25) is 0 Å². The lowest BCUT2D eigenvalue weighted by Gasteiger charge is -2.16. The second kappa shape index (κ2) is 7.79. The van der Waals surface area contributed by atoms with Crippen LogP contribution in [-0.2, 0) is 6.54 Å². The molecule has 0 saturated heterocycles. The van der Waals surface area contributed by atoms with Crippen molar-refractivity contribution in [3.63, 3.8) is 0 Å². The Bertz CT molecular complexity index is 1090. The van der Waals surface area contributed by atoms with Gasteiger partial charge >= 0.3 is 0 Å². The number of halogens is 1. The molecule has 0 saturated carbocycles. The van der Waals surface area contributed by atoms with E-state index in [1.807, 2.05) is 36.7 Å². The number of hydrogen-bond donors (Lipinski definition) is 3. The number of phenolic OH excluding ortho intramolecular Hbond substituents is 2. The number of rotatable bonds is 4. The Morgan fingerprint density at radius 3 is 2.64 bits per heavy atom. The molecule has 3 aromatic rings. The summed E-state index contributed by atoms with van der Waals surface area (Å²) >= 11 is 6.36. The van der Waals surface area contributed by atoms with Gasteiger partial charge in [-0.15, -0.1) is 0 Å². The van der Waals surface area contributed by atoms with E-state index in [0.717, 1.165) is 38.4 Å². The van der Waals surface area contributed by atoms with E-state index in [1.165, 1.54) is 6.07 Å². The fraction of sp³-hybridized carbons (Fsp3) is 0.0870. The van der Waals surface area contributed by atoms with Crippen molar-refractivity contribution in [2.45, 2.75) is 6.54 Å². The van der Waals surface area contributed by atoms with Crippen LogP contribution in [0.2, 0.25) is 5.02 Å². The highest BCUT2D eigenvalue weighted by atomic mass is 35.5. The maximum absolute atomic E-state index is 9.62. The Morgan fingerprint density at radius 2 is 1.82 bits per heavy atom. The Balaban J connectivity index is 1.59. The van der Waals surface area contributed by atoms with E-state index in [4.69, 9.17) is 11.6 Å². The van der Waals surface area contributed by atoms with Gasteiger partial charge in [0.05, 0.1) is 6.54 Å². The van der Waals surface area contributed by atoms with Crippen LogP contribution < -0.4 is 5.32 Å². The molecule has 0 spiro atoms. The molecule has 1 aliphatic heterocycles. The molecule has 4 rings (SSSR count). The smallest absolute Gasteiger partial charge is 0.157 e. The number of aromatic hydroxyl groups is 2. The number of aliphatic imine (C=N–C) groups is 1. The number of nitrogens with zero attached hydrogens (tertiary/aromatic N) is 1. The van der Waals surface area contributed by atoms with E-state index in [-0.39, 0.29) is 11.5 Å². The Labute approximate surface area is 168 Å². The van der Waals surface area contributed by atoms with E-state index >= 15 is 0 Å². The molecule has 0 bridgehead atoms. The molecule has 0 atom stereocenters. The zero-order valence-corrected chi connectivity index (χ0v) is 15.8. The van der Waals surface area contributed by atoms with Gasteiger partial charge in [0.1, 0.15) is 0 Å². The van der Waals surface area contributed by atoms with Crippen LogP contribution in [0, 0.1) is 0 Å². The van der Waals surface area contributed by atoms with Crippen molar-refractivity contribution in [1.82, 2.24) is 5.32 Å². The van der Waals surface area contributed by atoms with Crippen LogP contribution in [0.4, 0.5) is 0 Å². The van der Waals surface area contributed by atoms with Crippen molar-refractivity contribution in [1.29, 1.82) is 0 Å². The third-order valence-corrected chi connectivity index (χ3v) is 5.03. The summed E-state index contributed by atoms with van der Waals surface area (Å²) < 4.78 is 0. The Hall–Kier alpha value is -3.24. The number of hydrogen-bond acceptors (Lipinski definition) is 4. The van der Waals surface area contributed by atoms with Gasteiger partial charge < -0.3 is 15.5 Å². The molecule has 0 amide bonds. The van der Waals surface area contributed by atoms with Crippen molar-refractivity contribution in [3.05, 3.63) is 88.6 Å². The van der Waals surface area contributed by atoms with Crippen molar-refractivity contribution >= 4 is 23.4 Å². The average molecular weight is 391 g/mol. The van der Waals surface area contributed by atoms with Crippen molar-refractivity contribution in [2.75, 3.05) is 6.54 Å². The van der Waals surface area contributed by atoms with Gasteiger partial charge in [-0.1, -0.05) is 48.0 Å². The van der Waals surface area contributed by atoms with Crippen LogP contribution in [0.25, 0.3) is 16.7 Å². The number of benzene rings is 3. The first-order valence-electron chi connectivity index (χ1n) is 8.94. The first-order chi connectivity index (χ1) is 13.6. The maximum Gasteiger partial charge on any atom is 0.157 e. The summed E-state index contributed by atoms with van der Waals surface area (Å²) in [5.74, 6) is -0.242. The van der Waals surface area contributed by atoms with Gasteiger partial charge in [-0.2, -0.15) is 0 Å². The van der Waals surface area contributed by atoms with Gasteiger partial charge in [0.15, 0.2) is 11.5 Å². The molecule has 4 nitrogen and oxygen atoms in total. The third-order valence-electron chi connectivity index (χ3n) is 4.70. The third kappa shape index (κ3) is 3.73. The maximum atomic E-state index is 9.62. The predicted octanol–water partition coefficient (Wildman–Crippen LogP) is 4.98. The zero-order chi connectivity index (χ0) is 19.5. The molecule has 1 aliphatic rings. The molecule has 0 radical (unpaired) electrons. The standard InChI is InChI=1S/C23H19ClN2O2/c24-21-4-2-1-3-19(21)16-6-7-17-12-26-14-18(20(17)10-16)13-25-11-15-5-8-22(27)23(28)9-15/h1-10,12-13,25,27-28H,11,14H2. The highest BCUT2D eigenvalue weighted by molar-refractivity contribution is 6.33. The van der Waals surface area contributed by atoms with Crippen molar-refractivity contribution in [3.8, 4) is 22.6 Å². The molecule has 3 aromatic carbocycles. The Morgan fingerprint density at radius 1 is 0.964 bits per heavy atom. The lowest BCUT2D eigenvalue weighted by atomic mass is 9.93. The second-order valence-electron chi connectivity index (χ2n) is 6.63. The topological polar surface area (TPSA) is 64.8 Å². The monoisotopic (exact) mass is 390 g/mol. The SMILES string of the molecule is Oc1ccc(CNC=C2CN=Cc3ccc(-c4ccccc4Cl)cc32)cc1O. The molecular weight excluding hydrogens is 372 g/mol. The van der Waals surface area contributed by atoms with E-state index in [2.05, 4.69) is 28.5 Å². The van der Waals surface area contributed by atoms with E-state index < -0.39 is 0 Å². The number of nitrogens with one attached hydrogen (secondary N) is 1. The van der Waals surface area contributed by atoms with Crippen molar-refractivity contribution in [2.24, 2.45) is 4.99 Å². The van der Waals surface area contributed by atoms with E-state index in [1.54, 1.807) is 12.1 Å². The number of phenols is 2. The van der Waals surface area contributed by atoms with E-state index in [9.17, 15) is 10.2 Å². The van der Waals surface area contributed by atoms with Gasteiger partial charge in [-0.3, -0.25) is 4.99 Å². The second-order valence-corrected chi connectivity index (χ2v) is 7.03. The van der Waals surface area contributed by atoms with Crippen LogP contribution in [0.1, 0.15) is 16.7 Å². The summed E-state index contributed by atoms with van der Waals surface area (Å²) in [6.07, 6.45) is 3.84. The summed E-state index contributed by atoms with van der Waals surface area (Å²) in [6, 6.07) is 18.9.